The summed E-state index contributed by atoms with van der Waals surface area (Å²) in [5.41, 5.74) is 12.9. The predicted octanol–water partition coefficient (Wildman–Crippen LogP) is 2.72. The highest BCUT2D eigenvalue weighted by molar-refractivity contribution is 7.99. The van der Waals surface area contributed by atoms with E-state index in [9.17, 15) is 4.79 Å². The lowest BCUT2D eigenvalue weighted by Crippen LogP contribution is -2.10. The summed E-state index contributed by atoms with van der Waals surface area (Å²) >= 11 is 2.79. The number of carbonyl (C=O) groups is 1. The molecule has 0 aromatic carbocycles. The van der Waals surface area contributed by atoms with Crippen LogP contribution in [0.5, 0.6) is 0 Å². The molecule has 5 nitrogen and oxygen atoms in total. The molecule has 20 heavy (non-hydrogen) atoms. The van der Waals surface area contributed by atoms with Crippen LogP contribution in [0.1, 0.15) is 28.2 Å². The van der Waals surface area contributed by atoms with E-state index in [1.165, 1.54) is 23.1 Å². The molecule has 0 fully saturated rings. The second kappa shape index (κ2) is 6.15. The number of rotatable bonds is 5. The molecule has 2 heterocycles. The van der Waals surface area contributed by atoms with E-state index in [4.69, 9.17) is 11.5 Å². The molecule has 0 aliphatic heterocycles. The zero-order valence-corrected chi connectivity index (χ0v) is 12.8. The molecule has 0 aliphatic rings. The summed E-state index contributed by atoms with van der Waals surface area (Å²) in [7, 11) is 0. The van der Waals surface area contributed by atoms with Crippen LogP contribution < -0.4 is 16.8 Å². The van der Waals surface area contributed by atoms with Gasteiger partial charge in [-0.05, 0) is 30.9 Å². The molecule has 0 aliphatic carbocycles. The maximum Gasteiger partial charge on any atom is 0.261 e. The number of aromatic nitrogens is 1. The molecule has 2 aromatic rings. The van der Waals surface area contributed by atoms with Gasteiger partial charge in [-0.15, -0.1) is 23.1 Å². The quantitative estimate of drug-likeness (QED) is 0.738. The Labute approximate surface area is 125 Å². The molecule has 0 saturated carbocycles. The minimum Gasteiger partial charge on any atom is -0.396 e. The van der Waals surface area contributed by atoms with Crippen LogP contribution in [0.25, 0.3) is 0 Å². The Morgan fingerprint density at radius 3 is 2.65 bits per heavy atom. The van der Waals surface area contributed by atoms with Gasteiger partial charge >= 0.3 is 0 Å². The molecule has 7 heteroatoms. The summed E-state index contributed by atoms with van der Waals surface area (Å²) in [5.74, 6) is -0.493. The molecule has 1 atom stereocenters. The van der Waals surface area contributed by atoms with Gasteiger partial charge in [0.2, 0.25) is 0 Å². The van der Waals surface area contributed by atoms with E-state index in [1.54, 1.807) is 12.4 Å². The number of nitrogens with one attached hydrogen (secondary N) is 1. The van der Waals surface area contributed by atoms with E-state index in [-0.39, 0.29) is 6.04 Å². The van der Waals surface area contributed by atoms with E-state index in [0.717, 1.165) is 15.5 Å². The third-order valence-electron chi connectivity index (χ3n) is 2.88. The third-order valence-corrected chi connectivity index (χ3v) is 4.99. The van der Waals surface area contributed by atoms with Crippen molar-refractivity contribution in [2.24, 2.45) is 5.73 Å². The monoisotopic (exact) mass is 308 g/mol. The summed E-state index contributed by atoms with van der Waals surface area (Å²) in [6.07, 6.45) is 5.42. The molecule has 1 amide bonds. The first-order chi connectivity index (χ1) is 9.54. The van der Waals surface area contributed by atoms with Gasteiger partial charge in [-0.25, -0.2) is 0 Å². The number of hydrogen-bond donors (Lipinski definition) is 3. The first kappa shape index (κ1) is 14.7. The Bertz CT molecular complexity index is 612. The molecule has 2 rings (SSSR count). The van der Waals surface area contributed by atoms with Crippen LogP contribution in [-0.4, -0.2) is 17.1 Å². The molecular formula is C13H16N4OS2. The van der Waals surface area contributed by atoms with Gasteiger partial charge in [-0.3, -0.25) is 9.78 Å². The summed E-state index contributed by atoms with van der Waals surface area (Å²) in [4.78, 5) is 16.6. The number of nitrogen functional groups attached to an aromatic ring is 1. The number of nitrogens with zero attached hydrogens (tertiary/aromatic N) is 1. The van der Waals surface area contributed by atoms with Crippen LogP contribution in [0.15, 0.2) is 29.4 Å². The number of amides is 1. The highest BCUT2D eigenvalue weighted by Crippen LogP contribution is 2.42. The molecule has 1 unspecified atom stereocenters. The maximum atomic E-state index is 11.4. The van der Waals surface area contributed by atoms with E-state index >= 15 is 0 Å². The van der Waals surface area contributed by atoms with Crippen LogP contribution >= 0.6 is 23.1 Å². The molecule has 0 spiro atoms. The summed E-state index contributed by atoms with van der Waals surface area (Å²) in [5, 5.41) is 4.24. The molecule has 2 aromatic heterocycles. The van der Waals surface area contributed by atoms with Crippen molar-refractivity contribution < 1.29 is 4.79 Å². The van der Waals surface area contributed by atoms with Gasteiger partial charge in [-0.1, -0.05) is 0 Å². The fourth-order valence-corrected chi connectivity index (χ4v) is 3.80. The summed E-state index contributed by atoms with van der Waals surface area (Å²) < 4.78 is 0. The number of nitrogens with two attached hydrogens (primary N) is 2. The number of thioether (sulfide) groups is 1. The summed E-state index contributed by atoms with van der Waals surface area (Å²) in [6, 6.07) is 3.98. The van der Waals surface area contributed by atoms with Crippen molar-refractivity contribution in [2.75, 3.05) is 17.3 Å². The van der Waals surface area contributed by atoms with Gasteiger partial charge in [0.25, 0.3) is 5.91 Å². The van der Waals surface area contributed by atoms with Crippen molar-refractivity contribution >= 4 is 39.7 Å². The first-order valence-electron chi connectivity index (χ1n) is 5.97. The van der Waals surface area contributed by atoms with Crippen molar-refractivity contribution in [3.63, 3.8) is 0 Å². The van der Waals surface area contributed by atoms with Gasteiger partial charge in [0.1, 0.15) is 9.88 Å². The third kappa shape index (κ3) is 2.88. The topological polar surface area (TPSA) is 94.0 Å². The molecule has 106 valence electrons. The van der Waals surface area contributed by atoms with Crippen LogP contribution in [0.3, 0.4) is 0 Å². The minimum absolute atomic E-state index is 0.0858. The normalized spacial score (nSPS) is 12.1. The van der Waals surface area contributed by atoms with Crippen molar-refractivity contribution in [1.29, 1.82) is 0 Å². The molecule has 5 N–H and O–H groups in total. The van der Waals surface area contributed by atoms with Crippen LogP contribution in [-0.2, 0) is 0 Å². The average Bonchev–Trinajstić information content (AvgIpc) is 2.76. The van der Waals surface area contributed by atoms with E-state index < -0.39 is 5.91 Å². The van der Waals surface area contributed by atoms with E-state index in [0.29, 0.717) is 10.6 Å². The number of thiophene rings is 1. The fourth-order valence-electron chi connectivity index (χ4n) is 1.84. The van der Waals surface area contributed by atoms with Crippen LogP contribution in [0, 0.1) is 0 Å². The smallest absolute Gasteiger partial charge is 0.261 e. The molecule has 0 bridgehead atoms. The highest BCUT2D eigenvalue weighted by Gasteiger charge is 2.20. The van der Waals surface area contributed by atoms with E-state index in [1.807, 2.05) is 25.3 Å². The Morgan fingerprint density at radius 2 is 2.10 bits per heavy atom. The number of hydrogen-bond acceptors (Lipinski definition) is 6. The zero-order chi connectivity index (χ0) is 14.7. The lowest BCUT2D eigenvalue weighted by Gasteiger charge is -2.15. The Balaban J connectivity index is 2.29. The van der Waals surface area contributed by atoms with Crippen LogP contribution in [0.4, 0.5) is 10.7 Å². The number of primary amides is 1. The Morgan fingerprint density at radius 1 is 1.45 bits per heavy atom. The predicted molar refractivity (Wildman–Crippen MR) is 85.3 cm³/mol. The van der Waals surface area contributed by atoms with Gasteiger partial charge < -0.3 is 16.8 Å². The fraction of sp³-hybridized carbons (Fsp3) is 0.231. The minimum atomic E-state index is -0.493. The van der Waals surface area contributed by atoms with Crippen molar-refractivity contribution in [2.45, 2.75) is 17.9 Å². The lowest BCUT2D eigenvalue weighted by atomic mass is 10.1. The molecule has 0 radical (unpaired) electrons. The lowest BCUT2D eigenvalue weighted by molar-refractivity contribution is 0.100. The van der Waals surface area contributed by atoms with Gasteiger partial charge in [0.15, 0.2) is 0 Å². The van der Waals surface area contributed by atoms with Gasteiger partial charge in [-0.2, -0.15) is 0 Å². The number of anilines is 2. The highest BCUT2D eigenvalue weighted by atomic mass is 32.2. The van der Waals surface area contributed by atoms with Gasteiger partial charge in [0, 0.05) is 18.4 Å². The molecular weight excluding hydrogens is 292 g/mol. The van der Waals surface area contributed by atoms with Crippen molar-refractivity contribution in [3.05, 3.63) is 35.0 Å². The SMILES string of the molecule is CSc1c(NC(C)c2ccncc2)sc(C(N)=O)c1N. The first-order valence-corrected chi connectivity index (χ1v) is 8.01. The van der Waals surface area contributed by atoms with Crippen molar-refractivity contribution in [1.82, 2.24) is 4.98 Å². The Kier molecular flexibility index (Phi) is 4.51. The molecule has 0 saturated heterocycles. The second-order valence-electron chi connectivity index (χ2n) is 4.22. The van der Waals surface area contributed by atoms with Crippen LogP contribution in [0.2, 0.25) is 0 Å². The average molecular weight is 308 g/mol. The van der Waals surface area contributed by atoms with Gasteiger partial charge in [0.05, 0.1) is 10.6 Å². The number of carbonyl (C=O) groups excluding carboxylic acids is 1. The standard InChI is InChI=1S/C13H16N4OS2/c1-7(8-3-5-16-6-4-8)17-13-11(19-2)9(14)10(20-13)12(15)18/h3-7,17H,14H2,1-2H3,(H2,15,18). The summed E-state index contributed by atoms with van der Waals surface area (Å²) in [6.45, 7) is 2.04. The largest absolute Gasteiger partial charge is 0.396 e. The van der Waals surface area contributed by atoms with E-state index in [2.05, 4.69) is 10.3 Å². The second-order valence-corrected chi connectivity index (χ2v) is 6.06. The maximum absolute atomic E-state index is 11.4. The zero-order valence-electron chi connectivity index (χ0n) is 11.2. The number of pyridine rings is 1. The Hall–Kier alpha value is -1.73. The van der Waals surface area contributed by atoms with Crippen molar-refractivity contribution in [3.8, 4) is 0 Å².